The Balaban J connectivity index is 2.16. The maximum atomic E-state index is 12.5. The summed E-state index contributed by atoms with van der Waals surface area (Å²) in [6, 6.07) is 3.95. The molecule has 140 valence electrons. The second-order valence-electron chi connectivity index (χ2n) is 7.02. The highest BCUT2D eigenvalue weighted by molar-refractivity contribution is 7.92. The van der Waals surface area contributed by atoms with Crippen molar-refractivity contribution in [2.75, 3.05) is 50.3 Å². The average Bonchev–Trinajstić information content (AvgIpc) is 2.48. The molecule has 0 unspecified atom stereocenters. The summed E-state index contributed by atoms with van der Waals surface area (Å²) < 4.78 is 26.1. The van der Waals surface area contributed by atoms with Crippen LogP contribution in [0.4, 0.5) is 5.69 Å². The topological polar surface area (TPSA) is 60.9 Å². The molecular formula is C18H29N3O3S. The summed E-state index contributed by atoms with van der Waals surface area (Å²) in [7, 11) is -1.42. The molecule has 1 aliphatic heterocycles. The number of rotatable bonds is 5. The van der Waals surface area contributed by atoms with Crippen molar-refractivity contribution in [1.29, 1.82) is 0 Å². The van der Waals surface area contributed by atoms with Gasteiger partial charge >= 0.3 is 0 Å². The van der Waals surface area contributed by atoms with Crippen LogP contribution in [0.1, 0.15) is 23.1 Å². The van der Waals surface area contributed by atoms with Gasteiger partial charge in [-0.3, -0.25) is 9.10 Å². The third-order valence-corrected chi connectivity index (χ3v) is 5.84. The minimum atomic E-state index is -3.46. The van der Waals surface area contributed by atoms with E-state index in [0.717, 1.165) is 29.8 Å². The van der Waals surface area contributed by atoms with E-state index in [9.17, 15) is 13.2 Å². The maximum Gasteiger partial charge on any atom is 0.232 e. The number of carbonyl (C=O) groups excluding carboxylic acids is 1. The molecule has 0 saturated carbocycles. The van der Waals surface area contributed by atoms with Crippen LogP contribution >= 0.6 is 0 Å². The molecule has 1 amide bonds. The molecule has 0 radical (unpaired) electrons. The number of piperazine rings is 1. The smallest absolute Gasteiger partial charge is 0.232 e. The third-order valence-electron chi connectivity index (χ3n) is 4.67. The molecule has 1 aliphatic rings. The Bertz CT molecular complexity index is 715. The van der Waals surface area contributed by atoms with E-state index in [2.05, 4.69) is 4.90 Å². The van der Waals surface area contributed by atoms with Crippen molar-refractivity contribution >= 4 is 21.6 Å². The fraction of sp³-hybridized carbons (Fsp3) is 0.611. The Morgan fingerprint density at radius 1 is 1.08 bits per heavy atom. The van der Waals surface area contributed by atoms with E-state index < -0.39 is 10.0 Å². The second kappa shape index (κ2) is 7.74. The summed E-state index contributed by atoms with van der Waals surface area (Å²) in [4.78, 5) is 16.5. The van der Waals surface area contributed by atoms with Crippen LogP contribution in [0, 0.1) is 20.8 Å². The van der Waals surface area contributed by atoms with E-state index >= 15 is 0 Å². The van der Waals surface area contributed by atoms with Gasteiger partial charge in [-0.25, -0.2) is 8.42 Å². The molecule has 1 heterocycles. The molecule has 1 saturated heterocycles. The molecule has 1 aromatic carbocycles. The van der Waals surface area contributed by atoms with Gasteiger partial charge in [0.15, 0.2) is 0 Å². The first-order valence-electron chi connectivity index (χ1n) is 8.61. The quantitative estimate of drug-likeness (QED) is 0.792. The molecule has 0 bridgehead atoms. The largest absolute Gasteiger partial charge is 0.340 e. The summed E-state index contributed by atoms with van der Waals surface area (Å²) in [5.74, 6) is 0.0177. The van der Waals surface area contributed by atoms with Gasteiger partial charge in [-0.2, -0.15) is 0 Å². The van der Waals surface area contributed by atoms with Crippen LogP contribution in [0.15, 0.2) is 12.1 Å². The zero-order valence-electron chi connectivity index (χ0n) is 15.9. The molecule has 1 fully saturated rings. The van der Waals surface area contributed by atoms with E-state index in [1.165, 1.54) is 10.6 Å². The van der Waals surface area contributed by atoms with Crippen LogP contribution in [0.2, 0.25) is 0 Å². The van der Waals surface area contributed by atoms with Crippen LogP contribution in [0.25, 0.3) is 0 Å². The Morgan fingerprint density at radius 2 is 1.60 bits per heavy atom. The summed E-state index contributed by atoms with van der Waals surface area (Å²) in [5, 5.41) is 0. The van der Waals surface area contributed by atoms with Crippen molar-refractivity contribution in [2.24, 2.45) is 0 Å². The van der Waals surface area contributed by atoms with E-state index in [-0.39, 0.29) is 18.9 Å². The van der Waals surface area contributed by atoms with Crippen molar-refractivity contribution < 1.29 is 13.2 Å². The van der Waals surface area contributed by atoms with Crippen LogP contribution in [-0.4, -0.2) is 70.2 Å². The van der Waals surface area contributed by atoms with Crippen LogP contribution in [0.5, 0.6) is 0 Å². The number of hydrogen-bond donors (Lipinski definition) is 0. The first-order chi connectivity index (χ1) is 11.6. The lowest BCUT2D eigenvalue weighted by molar-refractivity contribution is -0.132. The van der Waals surface area contributed by atoms with E-state index in [0.29, 0.717) is 18.8 Å². The van der Waals surface area contributed by atoms with E-state index in [1.807, 2.05) is 44.9 Å². The highest BCUT2D eigenvalue weighted by Crippen LogP contribution is 2.28. The molecule has 7 heteroatoms. The molecule has 1 aromatic rings. The van der Waals surface area contributed by atoms with Gasteiger partial charge in [0.2, 0.25) is 15.9 Å². The highest BCUT2D eigenvalue weighted by Gasteiger charge is 2.24. The Kier molecular flexibility index (Phi) is 6.11. The Morgan fingerprint density at radius 3 is 2.08 bits per heavy atom. The van der Waals surface area contributed by atoms with Gasteiger partial charge in [0.25, 0.3) is 0 Å². The van der Waals surface area contributed by atoms with E-state index in [4.69, 9.17) is 0 Å². The minimum absolute atomic E-state index is 0.0177. The molecule has 0 spiro atoms. The van der Waals surface area contributed by atoms with Crippen LogP contribution in [-0.2, 0) is 14.8 Å². The zero-order valence-corrected chi connectivity index (χ0v) is 16.7. The molecule has 2 rings (SSSR count). The molecule has 0 N–H and O–H groups in total. The Hall–Kier alpha value is -1.60. The summed E-state index contributed by atoms with van der Waals surface area (Å²) in [6.07, 6.45) is 1.40. The van der Waals surface area contributed by atoms with Crippen molar-refractivity contribution in [1.82, 2.24) is 9.80 Å². The number of anilines is 1. The normalized spacial score (nSPS) is 16.1. The predicted octanol–water partition coefficient (Wildman–Crippen LogP) is 1.54. The molecule has 0 atom stereocenters. The number of amides is 1. The van der Waals surface area contributed by atoms with Crippen molar-refractivity contribution in [3.63, 3.8) is 0 Å². The van der Waals surface area contributed by atoms with Gasteiger partial charge in [-0.1, -0.05) is 17.7 Å². The van der Waals surface area contributed by atoms with Crippen molar-refractivity contribution in [3.05, 3.63) is 28.8 Å². The lowest BCUT2D eigenvalue weighted by atomic mass is 10.0. The minimum Gasteiger partial charge on any atom is -0.340 e. The predicted molar refractivity (Wildman–Crippen MR) is 102 cm³/mol. The van der Waals surface area contributed by atoms with Crippen molar-refractivity contribution in [3.8, 4) is 0 Å². The van der Waals surface area contributed by atoms with Crippen LogP contribution in [0.3, 0.4) is 0 Å². The average molecular weight is 368 g/mol. The summed E-state index contributed by atoms with van der Waals surface area (Å²) in [5.41, 5.74) is 3.62. The first kappa shape index (κ1) is 19.7. The van der Waals surface area contributed by atoms with Crippen molar-refractivity contribution in [2.45, 2.75) is 27.2 Å². The van der Waals surface area contributed by atoms with Gasteiger partial charge < -0.3 is 9.80 Å². The lowest BCUT2D eigenvalue weighted by Gasteiger charge is -2.33. The Labute approximate surface area is 151 Å². The monoisotopic (exact) mass is 367 g/mol. The number of carbonyl (C=O) groups is 1. The zero-order chi connectivity index (χ0) is 18.8. The number of sulfonamides is 1. The van der Waals surface area contributed by atoms with E-state index in [1.54, 1.807) is 0 Å². The molecule has 0 aliphatic carbocycles. The standard InChI is InChI=1S/C18H29N3O3S/c1-14-12-15(2)18(16(3)13-14)21(25(5,23)24)7-6-17(22)20-10-8-19(4)9-11-20/h12-13H,6-11H2,1-5H3. The molecule has 6 nitrogen and oxygen atoms in total. The number of nitrogens with zero attached hydrogens (tertiary/aromatic N) is 3. The number of likely N-dealkylation sites (N-methyl/N-ethyl adjacent to an activating group) is 1. The molecule has 25 heavy (non-hydrogen) atoms. The molecule has 0 aromatic heterocycles. The maximum absolute atomic E-state index is 12.5. The summed E-state index contributed by atoms with van der Waals surface area (Å²) >= 11 is 0. The SMILES string of the molecule is Cc1cc(C)c(N(CCC(=O)N2CCN(C)CC2)S(C)(=O)=O)c(C)c1. The second-order valence-corrected chi connectivity index (χ2v) is 8.92. The first-order valence-corrected chi connectivity index (χ1v) is 10.5. The number of hydrogen-bond acceptors (Lipinski definition) is 4. The van der Waals surface area contributed by atoms with Gasteiger partial charge in [-0.15, -0.1) is 0 Å². The fourth-order valence-electron chi connectivity index (χ4n) is 3.42. The number of aryl methyl sites for hydroxylation is 3. The fourth-order valence-corrected chi connectivity index (χ4v) is 4.46. The van der Waals surface area contributed by atoms with Crippen LogP contribution < -0.4 is 4.31 Å². The van der Waals surface area contributed by atoms with Gasteiger partial charge in [0.05, 0.1) is 11.9 Å². The lowest BCUT2D eigenvalue weighted by Crippen LogP contribution is -2.48. The third kappa shape index (κ3) is 4.95. The number of benzene rings is 1. The van der Waals surface area contributed by atoms with Gasteiger partial charge in [0, 0.05) is 39.1 Å². The highest BCUT2D eigenvalue weighted by atomic mass is 32.2. The van der Waals surface area contributed by atoms with Gasteiger partial charge in [0.1, 0.15) is 0 Å². The molecular weight excluding hydrogens is 338 g/mol. The van der Waals surface area contributed by atoms with Gasteiger partial charge in [-0.05, 0) is 38.9 Å². The summed E-state index contributed by atoms with van der Waals surface area (Å²) in [6.45, 7) is 9.12.